The van der Waals surface area contributed by atoms with Crippen molar-refractivity contribution in [1.82, 2.24) is 19.9 Å². The second-order valence-electron chi connectivity index (χ2n) is 22.7. The number of nitrogens with zero attached hydrogens (tertiary/aromatic N) is 4. The van der Waals surface area contributed by atoms with Crippen molar-refractivity contribution in [2.24, 2.45) is 0 Å². The molecule has 4 aliphatic rings. The Morgan fingerprint density at radius 1 is 0.226 bits per heavy atom. The van der Waals surface area contributed by atoms with Crippen molar-refractivity contribution in [2.45, 2.75) is 10.8 Å². The minimum absolute atomic E-state index is 0.502. The lowest BCUT2D eigenvalue weighted by atomic mass is 9.70. The number of hydrogen-bond donors (Lipinski definition) is 0. The summed E-state index contributed by atoms with van der Waals surface area (Å²) in [6.45, 7) is 0. The molecule has 0 amide bonds. The molecule has 18 rings (SSSR count). The third kappa shape index (κ3) is 6.42. The van der Waals surface area contributed by atoms with E-state index in [1.54, 1.807) is 0 Å². The van der Waals surface area contributed by atoms with Gasteiger partial charge in [0.25, 0.3) is 0 Å². The molecule has 14 aromatic rings. The minimum atomic E-state index is -0.531. The van der Waals surface area contributed by atoms with Crippen LogP contribution in [0.3, 0.4) is 0 Å². The van der Waals surface area contributed by atoms with Gasteiger partial charge < -0.3 is 0 Å². The fourth-order valence-electron chi connectivity index (χ4n) is 15.2. The highest BCUT2D eigenvalue weighted by Crippen LogP contribution is 2.65. The summed E-state index contributed by atoms with van der Waals surface area (Å²) in [5.41, 5.74) is 31.9. The van der Waals surface area contributed by atoms with Gasteiger partial charge in [-0.2, -0.15) is 0 Å². The summed E-state index contributed by atoms with van der Waals surface area (Å²) >= 11 is 0. The number of fused-ring (bicyclic) bond motifs is 21. The highest BCUT2D eigenvalue weighted by Gasteiger charge is 2.53. The molecule has 0 N–H and O–H groups in total. The van der Waals surface area contributed by atoms with Crippen LogP contribution in [0.25, 0.3) is 123 Å². The van der Waals surface area contributed by atoms with Crippen LogP contribution in [0.2, 0.25) is 0 Å². The molecule has 0 saturated heterocycles. The lowest BCUT2D eigenvalue weighted by Gasteiger charge is -2.31. The third-order valence-electron chi connectivity index (χ3n) is 18.7. The van der Waals surface area contributed by atoms with Crippen LogP contribution in [0.1, 0.15) is 44.5 Å². The van der Waals surface area contributed by atoms with Gasteiger partial charge in [-0.15, -0.1) is 0 Å². The molecule has 0 radical (unpaired) electrons. The van der Waals surface area contributed by atoms with Crippen molar-refractivity contribution in [3.05, 3.63) is 336 Å². The highest BCUT2D eigenvalue weighted by atomic mass is 14.9. The number of aromatic nitrogens is 4. The van der Waals surface area contributed by atoms with E-state index in [2.05, 4.69) is 265 Å². The molecule has 0 aliphatic heterocycles. The van der Waals surface area contributed by atoms with Gasteiger partial charge in [-0.1, -0.05) is 231 Å². The lowest BCUT2D eigenvalue weighted by molar-refractivity contribution is 0.794. The maximum Gasteiger partial charge on any atom is 0.160 e. The minimum Gasteiger partial charge on any atom is -0.264 e. The molecule has 0 fully saturated rings. The van der Waals surface area contributed by atoms with Crippen molar-refractivity contribution in [3.63, 3.8) is 0 Å². The lowest BCUT2D eigenvalue weighted by Crippen LogP contribution is -2.25. The summed E-state index contributed by atoms with van der Waals surface area (Å²) in [4.78, 5) is 20.3. The van der Waals surface area contributed by atoms with Crippen LogP contribution in [0.5, 0.6) is 0 Å². The van der Waals surface area contributed by atoms with E-state index in [1.807, 2.05) is 36.9 Å². The van der Waals surface area contributed by atoms with E-state index in [0.29, 0.717) is 5.82 Å². The van der Waals surface area contributed by atoms with E-state index in [0.717, 1.165) is 72.2 Å². The van der Waals surface area contributed by atoms with E-state index in [4.69, 9.17) is 9.97 Å². The summed E-state index contributed by atoms with van der Waals surface area (Å²) in [5, 5.41) is 0.970. The molecule has 0 bridgehead atoms. The second-order valence-corrected chi connectivity index (χ2v) is 22.7. The van der Waals surface area contributed by atoms with Gasteiger partial charge in [-0.3, -0.25) is 9.97 Å². The second kappa shape index (κ2) is 17.8. The molecule has 4 nitrogen and oxygen atoms in total. The molecule has 84 heavy (non-hydrogen) atoms. The Hall–Kier alpha value is -10.9. The zero-order valence-electron chi connectivity index (χ0n) is 45.5. The highest BCUT2D eigenvalue weighted by molar-refractivity contribution is 6.06. The van der Waals surface area contributed by atoms with Crippen LogP contribution < -0.4 is 0 Å². The maximum atomic E-state index is 5.77. The van der Waals surface area contributed by atoms with Crippen molar-refractivity contribution < 1.29 is 0 Å². The van der Waals surface area contributed by atoms with Gasteiger partial charge in [-0.05, 0) is 164 Å². The molecule has 2 spiro atoms. The van der Waals surface area contributed by atoms with Crippen molar-refractivity contribution in [3.8, 4) is 112 Å². The van der Waals surface area contributed by atoms with Crippen molar-refractivity contribution in [1.29, 1.82) is 0 Å². The molecular weight excluding hydrogens is 1020 g/mol. The Kier molecular flexibility index (Phi) is 9.90. The first-order chi connectivity index (χ1) is 41.6. The summed E-state index contributed by atoms with van der Waals surface area (Å²) in [7, 11) is 0. The predicted octanol–water partition coefficient (Wildman–Crippen LogP) is 19.1. The molecule has 3 aromatic heterocycles. The molecule has 11 aromatic carbocycles. The van der Waals surface area contributed by atoms with E-state index in [1.165, 1.54) is 89.0 Å². The third-order valence-corrected chi connectivity index (χ3v) is 18.7. The van der Waals surface area contributed by atoms with Crippen LogP contribution in [0.15, 0.2) is 292 Å². The van der Waals surface area contributed by atoms with E-state index in [-0.39, 0.29) is 0 Å². The average Bonchev–Trinajstić information content (AvgIpc) is 1.63. The van der Waals surface area contributed by atoms with Crippen molar-refractivity contribution >= 4 is 10.9 Å². The Bertz CT molecular complexity index is 4940. The molecule has 0 unspecified atom stereocenters. The molecule has 0 saturated carbocycles. The number of pyridine rings is 2. The first-order valence-corrected chi connectivity index (χ1v) is 28.9. The Labute approximate surface area is 486 Å². The quantitative estimate of drug-likeness (QED) is 0.167. The SMILES string of the molecule is c1cncc(-c2ccc(-c3nc(-c4ccc(-c5cccnc5)cc4)c4cc(-c5ccc6c(c5)C5(c7ccccc7-c7ccccc75)c5ccccc5-6)cc(-c5ccc6c(c5)C5(c7ccccc7-c7ccccc75)c5ccccc5-6)c4n3)cc2)c1. The summed E-state index contributed by atoms with van der Waals surface area (Å²) in [6.07, 6.45) is 7.46. The van der Waals surface area contributed by atoms with Gasteiger partial charge in [0.15, 0.2) is 5.82 Å². The topological polar surface area (TPSA) is 51.6 Å². The van der Waals surface area contributed by atoms with E-state index in [9.17, 15) is 0 Å². The molecule has 388 valence electrons. The molecule has 4 aliphatic carbocycles. The van der Waals surface area contributed by atoms with Gasteiger partial charge in [-0.25, -0.2) is 9.97 Å². The first kappa shape index (κ1) is 46.8. The first-order valence-electron chi connectivity index (χ1n) is 28.9. The Morgan fingerprint density at radius 3 is 1.02 bits per heavy atom. The smallest absolute Gasteiger partial charge is 0.160 e. The fourth-order valence-corrected chi connectivity index (χ4v) is 15.2. The van der Waals surface area contributed by atoms with Crippen LogP contribution in [-0.2, 0) is 10.8 Å². The van der Waals surface area contributed by atoms with Crippen LogP contribution in [-0.4, -0.2) is 19.9 Å². The van der Waals surface area contributed by atoms with Gasteiger partial charge >= 0.3 is 0 Å². The van der Waals surface area contributed by atoms with Crippen LogP contribution in [0.4, 0.5) is 0 Å². The van der Waals surface area contributed by atoms with Crippen LogP contribution >= 0.6 is 0 Å². The predicted molar refractivity (Wildman–Crippen MR) is 340 cm³/mol. The molecule has 3 heterocycles. The zero-order valence-corrected chi connectivity index (χ0v) is 45.5. The fraction of sp³-hybridized carbons (Fsp3) is 0.0250. The maximum absolute atomic E-state index is 5.77. The zero-order chi connectivity index (χ0) is 55.1. The van der Waals surface area contributed by atoms with Gasteiger partial charge in [0.1, 0.15) is 0 Å². The molecular formula is C80H48N4. The largest absolute Gasteiger partial charge is 0.264 e. The Balaban J connectivity index is 0.920. The number of rotatable bonds is 6. The van der Waals surface area contributed by atoms with Crippen molar-refractivity contribution in [2.75, 3.05) is 0 Å². The monoisotopic (exact) mass is 1060 g/mol. The van der Waals surface area contributed by atoms with E-state index >= 15 is 0 Å². The standard InChI is InChI=1S/C80H48N4/c1-7-23-68-58(17-1)59-18-2-8-24-69(59)79(68)72-27-11-5-21-62(72)64-39-37-53(45-74(64)79)57-43-66(54-38-40-65-63-22-6-12-28-73(63)80(75(65)46-54)70-25-9-3-19-60(70)61-20-4-10-26-71(61)80)77-67(44-57)76(51-33-29-49(30-34-51)55-15-13-41-81-47-55)83-78(84-77)52-35-31-50(32-36-52)56-16-14-42-82-48-56/h1-48H. The summed E-state index contributed by atoms with van der Waals surface area (Å²) < 4.78 is 0. The summed E-state index contributed by atoms with van der Waals surface area (Å²) in [6, 6.07) is 99.2. The summed E-state index contributed by atoms with van der Waals surface area (Å²) in [5.74, 6) is 0.653. The van der Waals surface area contributed by atoms with Crippen LogP contribution in [0, 0.1) is 0 Å². The Morgan fingerprint density at radius 2 is 0.595 bits per heavy atom. The average molecular weight is 1070 g/mol. The van der Waals surface area contributed by atoms with Gasteiger partial charge in [0.2, 0.25) is 0 Å². The normalized spacial score (nSPS) is 13.7. The molecule has 4 heteroatoms. The van der Waals surface area contributed by atoms with E-state index < -0.39 is 10.8 Å². The number of hydrogen-bond acceptors (Lipinski definition) is 4. The molecule has 0 atom stereocenters. The van der Waals surface area contributed by atoms with Gasteiger partial charge in [0.05, 0.1) is 22.0 Å². The van der Waals surface area contributed by atoms with Gasteiger partial charge in [0, 0.05) is 46.9 Å². The number of benzene rings is 11.